The van der Waals surface area contributed by atoms with Crippen LogP contribution >= 0.6 is 22.7 Å². The van der Waals surface area contributed by atoms with Gasteiger partial charge in [-0.15, -0.1) is 22.7 Å². The van der Waals surface area contributed by atoms with Gasteiger partial charge in [0.25, 0.3) is 0 Å². The molecule has 8 aromatic heterocycles. The molecule has 0 radical (unpaired) electrons. The van der Waals surface area contributed by atoms with E-state index in [0.717, 1.165) is 85.0 Å². The molecular formula is C42H41N11O4S2. The van der Waals surface area contributed by atoms with Crippen molar-refractivity contribution in [2.75, 3.05) is 23.7 Å². The van der Waals surface area contributed by atoms with Crippen LogP contribution in [-0.2, 0) is 40.0 Å². The minimum Gasteiger partial charge on any atom is -0.481 e. The Hall–Kier alpha value is -6.04. The van der Waals surface area contributed by atoms with Crippen molar-refractivity contribution >= 4 is 89.0 Å². The molecule has 0 aromatic carbocycles. The number of carboxylic acids is 1. The Bertz CT molecular complexity index is 2870. The number of anilines is 4. The Morgan fingerprint density at radius 2 is 1.24 bits per heavy atom. The summed E-state index contributed by atoms with van der Waals surface area (Å²) in [6.07, 6.45) is 15.2. The third-order valence-corrected chi connectivity index (χ3v) is 13.8. The molecule has 3 N–H and O–H groups in total. The number of nitrogens with one attached hydrogen (secondary N) is 2. The number of aryl methyl sites for hydroxylation is 2. The first-order valence-electron chi connectivity index (χ1n) is 19.8. The molecule has 15 nitrogen and oxygen atoms in total. The van der Waals surface area contributed by atoms with Gasteiger partial charge in [-0.3, -0.25) is 9.59 Å². The van der Waals surface area contributed by atoms with Crippen LogP contribution in [0.2, 0.25) is 0 Å². The van der Waals surface area contributed by atoms with E-state index in [0.29, 0.717) is 25.9 Å². The SMILES string of the molecule is C[C@H]1CN(C(=O)[C@H]2CCc3c(sc4ncnc(Nc5ccn6nccc6c5)c34)C2)C[C@H](C)O1.O=C(O)[C@H]1CCc2c(sc3ncnc(Nc4ccn5nccc5c4)c23)C1. The molecule has 8 aromatic rings. The number of ether oxygens (including phenoxy) is 1. The van der Waals surface area contributed by atoms with Crippen LogP contribution in [0.15, 0.2) is 73.8 Å². The van der Waals surface area contributed by atoms with E-state index in [1.54, 1.807) is 52.2 Å². The normalized spacial score (nSPS) is 20.3. The molecule has 1 amide bonds. The quantitative estimate of drug-likeness (QED) is 0.155. The van der Waals surface area contributed by atoms with E-state index in [4.69, 9.17) is 4.74 Å². The summed E-state index contributed by atoms with van der Waals surface area (Å²) in [5.41, 5.74) is 6.38. The van der Waals surface area contributed by atoms with Gasteiger partial charge in [0.15, 0.2) is 0 Å². The molecule has 0 unspecified atom stereocenters. The summed E-state index contributed by atoms with van der Waals surface area (Å²) in [7, 11) is 0. The summed E-state index contributed by atoms with van der Waals surface area (Å²) in [5, 5.41) is 26.8. The lowest BCUT2D eigenvalue weighted by Gasteiger charge is -2.37. The first-order valence-corrected chi connectivity index (χ1v) is 21.5. The summed E-state index contributed by atoms with van der Waals surface area (Å²) in [5.74, 6) is 0.860. The molecule has 1 fully saturated rings. The molecule has 4 atom stereocenters. The maximum absolute atomic E-state index is 13.3. The maximum Gasteiger partial charge on any atom is 0.306 e. The molecule has 0 saturated carbocycles. The van der Waals surface area contributed by atoms with Crippen LogP contribution in [0.25, 0.3) is 31.5 Å². The van der Waals surface area contributed by atoms with Crippen molar-refractivity contribution < 1.29 is 19.4 Å². The summed E-state index contributed by atoms with van der Waals surface area (Å²) in [6.45, 7) is 5.44. The second-order valence-electron chi connectivity index (χ2n) is 15.5. The Balaban J connectivity index is 0.000000147. The number of carboxylic acid groups (broad SMARTS) is 1. The molecule has 300 valence electrons. The molecule has 3 aliphatic rings. The van der Waals surface area contributed by atoms with Crippen LogP contribution in [0.4, 0.5) is 23.0 Å². The third-order valence-electron chi connectivity index (χ3n) is 11.4. The number of amides is 1. The van der Waals surface area contributed by atoms with Crippen LogP contribution in [0.5, 0.6) is 0 Å². The summed E-state index contributed by atoms with van der Waals surface area (Å²) >= 11 is 3.28. The smallest absolute Gasteiger partial charge is 0.306 e. The average Bonchev–Trinajstić information content (AvgIpc) is 4.04. The van der Waals surface area contributed by atoms with E-state index in [2.05, 4.69) is 46.8 Å². The monoisotopic (exact) mass is 827 g/mol. The fourth-order valence-corrected chi connectivity index (χ4v) is 11.3. The number of morpholine rings is 1. The van der Waals surface area contributed by atoms with Gasteiger partial charge in [0.2, 0.25) is 5.91 Å². The maximum atomic E-state index is 13.3. The van der Waals surface area contributed by atoms with Crippen LogP contribution in [0.1, 0.15) is 47.6 Å². The number of thiophene rings is 2. The van der Waals surface area contributed by atoms with Crippen LogP contribution in [0, 0.1) is 11.8 Å². The number of carbonyl (C=O) groups is 2. The number of pyridine rings is 2. The van der Waals surface area contributed by atoms with Gasteiger partial charge in [0, 0.05) is 64.9 Å². The Morgan fingerprint density at radius 1 is 0.729 bits per heavy atom. The van der Waals surface area contributed by atoms with Crippen molar-refractivity contribution in [3.05, 3.63) is 94.7 Å². The van der Waals surface area contributed by atoms with Gasteiger partial charge in [-0.05, 0) is 99.9 Å². The highest BCUT2D eigenvalue weighted by molar-refractivity contribution is 7.19. The van der Waals surface area contributed by atoms with E-state index < -0.39 is 5.97 Å². The number of fused-ring (bicyclic) bond motifs is 8. The molecule has 9 heterocycles. The predicted octanol–water partition coefficient (Wildman–Crippen LogP) is 7.10. The zero-order valence-electron chi connectivity index (χ0n) is 32.4. The molecule has 11 rings (SSSR count). The van der Waals surface area contributed by atoms with E-state index >= 15 is 0 Å². The minimum absolute atomic E-state index is 0.0247. The highest BCUT2D eigenvalue weighted by Gasteiger charge is 2.35. The first-order chi connectivity index (χ1) is 28.7. The number of nitrogens with zero attached hydrogens (tertiary/aromatic N) is 9. The second-order valence-corrected chi connectivity index (χ2v) is 17.7. The van der Waals surface area contributed by atoms with Gasteiger partial charge in [-0.2, -0.15) is 10.2 Å². The van der Waals surface area contributed by atoms with Crippen LogP contribution in [-0.4, -0.2) is 86.3 Å². The molecule has 1 aliphatic heterocycles. The highest BCUT2D eigenvalue weighted by Crippen LogP contribution is 2.42. The minimum atomic E-state index is -0.716. The standard InChI is InChI=1S/C24H26N6O2S.C18H15N5O2S/c1-14-11-29(12-15(2)32-14)24(31)16-3-4-19-20(9-16)33-23-21(19)22(25-13-26-23)28-17-6-8-30-18(10-17)5-7-27-30;24-18(25)10-1-2-13-14(7-10)26-17-15(13)16(19-9-20-17)22-11-4-6-23-12(8-11)3-5-21-23/h5-8,10,13-16H,3-4,9,11-12H2,1-2H3,(H,25,26,28);3-6,8-10H,1-2,7H2,(H,24,25)(H,19,20,22)/t14-,15-,16-;10-/m00/s1. The molecule has 1 saturated heterocycles. The van der Waals surface area contributed by atoms with Crippen molar-refractivity contribution in [3.8, 4) is 0 Å². The summed E-state index contributed by atoms with van der Waals surface area (Å²) < 4.78 is 9.45. The lowest BCUT2D eigenvalue weighted by Crippen LogP contribution is -2.50. The molecule has 17 heteroatoms. The molecule has 59 heavy (non-hydrogen) atoms. The Kier molecular flexibility index (Phi) is 9.65. The second kappa shape index (κ2) is 15.3. The van der Waals surface area contributed by atoms with Gasteiger partial charge in [-0.1, -0.05) is 0 Å². The Labute approximate surface area is 346 Å². The molecule has 0 bridgehead atoms. The van der Waals surface area contributed by atoms with Crippen LogP contribution < -0.4 is 10.6 Å². The van der Waals surface area contributed by atoms with Crippen molar-refractivity contribution in [3.63, 3.8) is 0 Å². The van der Waals surface area contributed by atoms with Gasteiger partial charge in [-0.25, -0.2) is 29.0 Å². The van der Waals surface area contributed by atoms with Crippen molar-refractivity contribution in [1.82, 2.24) is 44.1 Å². The zero-order chi connectivity index (χ0) is 40.2. The largest absolute Gasteiger partial charge is 0.481 e. The number of hydrogen-bond acceptors (Lipinski definition) is 13. The van der Waals surface area contributed by atoms with E-state index in [1.807, 2.05) is 66.0 Å². The molecule has 2 aliphatic carbocycles. The van der Waals surface area contributed by atoms with E-state index in [9.17, 15) is 14.7 Å². The first kappa shape index (κ1) is 37.2. The molecule has 0 spiro atoms. The van der Waals surface area contributed by atoms with Gasteiger partial charge >= 0.3 is 5.97 Å². The summed E-state index contributed by atoms with van der Waals surface area (Å²) in [4.78, 5) is 48.9. The van der Waals surface area contributed by atoms with Gasteiger partial charge < -0.3 is 25.4 Å². The van der Waals surface area contributed by atoms with Crippen LogP contribution in [0.3, 0.4) is 0 Å². The third kappa shape index (κ3) is 7.23. The number of hydrogen-bond donors (Lipinski definition) is 3. The average molecular weight is 828 g/mol. The predicted molar refractivity (Wildman–Crippen MR) is 227 cm³/mol. The van der Waals surface area contributed by atoms with Crippen molar-refractivity contribution in [2.24, 2.45) is 11.8 Å². The van der Waals surface area contributed by atoms with E-state index in [1.165, 1.54) is 16.0 Å². The summed E-state index contributed by atoms with van der Waals surface area (Å²) in [6, 6.07) is 11.9. The Morgan fingerprint density at radius 3 is 1.76 bits per heavy atom. The number of aliphatic carboxylic acids is 1. The highest BCUT2D eigenvalue weighted by atomic mass is 32.1. The van der Waals surface area contributed by atoms with Crippen molar-refractivity contribution in [1.29, 1.82) is 0 Å². The lowest BCUT2D eigenvalue weighted by molar-refractivity contribution is -0.147. The van der Waals surface area contributed by atoms with Gasteiger partial charge in [0.1, 0.15) is 34.0 Å². The lowest BCUT2D eigenvalue weighted by atomic mass is 9.86. The zero-order valence-corrected chi connectivity index (χ0v) is 34.0. The van der Waals surface area contributed by atoms with Gasteiger partial charge in [0.05, 0.1) is 39.9 Å². The van der Waals surface area contributed by atoms with Crippen molar-refractivity contribution in [2.45, 2.75) is 64.6 Å². The van der Waals surface area contributed by atoms with E-state index in [-0.39, 0.29) is 30.0 Å². The fraction of sp³-hybridized carbons (Fsp3) is 0.333. The number of rotatable bonds is 6. The molecular weight excluding hydrogens is 787 g/mol. The number of carbonyl (C=O) groups excluding carboxylic acids is 1. The number of aromatic nitrogens is 8. The topological polar surface area (TPSA) is 177 Å². The fourth-order valence-electron chi connectivity index (χ4n) is 8.72.